The van der Waals surface area contributed by atoms with Gasteiger partial charge in [-0.3, -0.25) is 0 Å². The molecule has 0 bridgehead atoms. The molecule has 78 heavy (non-hydrogen) atoms. The lowest BCUT2D eigenvalue weighted by atomic mass is 9.91. The van der Waals surface area contributed by atoms with Gasteiger partial charge in [0.1, 0.15) is 22.3 Å². The summed E-state index contributed by atoms with van der Waals surface area (Å²) in [6.07, 6.45) is 0. The molecule has 0 aliphatic rings. The Morgan fingerprint density at radius 2 is 0.526 bits per heavy atom. The molecule has 2 aromatic heterocycles. The first-order valence-corrected chi connectivity index (χ1v) is 29.1. The molecule has 398 valence electrons. The Hall–Kier alpha value is -7.30. The number of furan rings is 2. The Morgan fingerprint density at radius 1 is 0.244 bits per heavy atom. The minimum Gasteiger partial charge on any atom is -0.456 e. The molecule has 0 aliphatic heterocycles. The van der Waals surface area contributed by atoms with Gasteiger partial charge in [0.2, 0.25) is 0 Å². The van der Waals surface area contributed by atoms with Gasteiger partial charge in [0, 0.05) is 61.7 Å². The van der Waals surface area contributed by atoms with E-state index in [-0.39, 0.29) is 0 Å². The van der Waals surface area contributed by atoms with Gasteiger partial charge in [0.15, 0.2) is 0 Å². The summed E-state index contributed by atoms with van der Waals surface area (Å²) in [5.74, 6) is 3.11. The molecular weight excluding hydrogens is 949 g/mol. The van der Waals surface area contributed by atoms with Crippen molar-refractivity contribution in [2.75, 3.05) is 9.80 Å². The molecule has 11 aromatic rings. The van der Waals surface area contributed by atoms with E-state index in [9.17, 15) is 0 Å². The summed E-state index contributed by atoms with van der Waals surface area (Å²) in [5, 5.41) is 9.01. The fourth-order valence-corrected chi connectivity index (χ4v) is 12.0. The molecule has 0 spiro atoms. The van der Waals surface area contributed by atoms with Gasteiger partial charge in [-0.1, -0.05) is 171 Å². The van der Waals surface area contributed by atoms with Gasteiger partial charge in [-0.2, -0.15) is 0 Å². The van der Waals surface area contributed by atoms with E-state index in [2.05, 4.69) is 266 Å². The third-order valence-electron chi connectivity index (χ3n) is 16.8. The van der Waals surface area contributed by atoms with E-state index >= 15 is 0 Å². The highest BCUT2D eigenvalue weighted by atomic mass is 16.3. The van der Waals surface area contributed by atoms with Crippen LogP contribution >= 0.6 is 0 Å². The Morgan fingerprint density at radius 3 is 0.808 bits per heavy atom. The van der Waals surface area contributed by atoms with Gasteiger partial charge in [-0.25, -0.2) is 0 Å². The Kier molecular flexibility index (Phi) is 13.9. The van der Waals surface area contributed by atoms with Crippen LogP contribution in [0.4, 0.5) is 34.1 Å². The van der Waals surface area contributed by atoms with Crippen molar-refractivity contribution in [3.8, 4) is 0 Å². The second kappa shape index (κ2) is 20.5. The molecule has 2 heterocycles. The molecule has 0 saturated heterocycles. The SMILES string of the molecule is CC(C)c1ccc(N(c2ccc3cc4c(cc3c2)oc2cc3oc5cc6cc(N(c7ccc(C(C)C)cc7C(C)C)c7ccc(C(C)C)cc7C(C)C)ccc6cc5c3cc24)c2ccc(C(C)C)cc2C(C)C)c(C(C)C)c1. The molecule has 0 amide bonds. The van der Waals surface area contributed by atoms with Gasteiger partial charge in [0.05, 0.1) is 0 Å². The standard InChI is InChI=1S/C74H80N2O2/c1-41(2)49-19-25-67(59(31-49)45(9)10)75(68-26-20-50(42(3)4)32-60(68)46(11)12)57-23-17-53-35-63-65-39-66-64-36-54-18-24-58(30-56(54)38-72(64)78-74(66)40-73(65)77-71(63)37-55(53)29-57)76(69-27-21-51(43(5)6)33-61(69)47(13)14)70-28-22-52(44(7)8)34-62(70)48(15)16/h17-48H,1-16H3. The average Bonchev–Trinajstić information content (AvgIpc) is 4.17. The maximum Gasteiger partial charge on any atom is 0.139 e. The van der Waals surface area contributed by atoms with Gasteiger partial charge in [-0.15, -0.1) is 0 Å². The van der Waals surface area contributed by atoms with Crippen LogP contribution < -0.4 is 9.80 Å². The molecule has 0 atom stereocenters. The van der Waals surface area contributed by atoms with Crippen LogP contribution in [0.1, 0.15) is 203 Å². The molecule has 9 aromatic carbocycles. The number of hydrogen-bond acceptors (Lipinski definition) is 4. The summed E-state index contributed by atoms with van der Waals surface area (Å²) in [5.41, 5.74) is 21.4. The fraction of sp³-hybridized carbons (Fsp3) is 0.324. The maximum atomic E-state index is 6.82. The molecular formula is C74H80N2O2. The van der Waals surface area contributed by atoms with Gasteiger partial charge in [-0.05, 0) is 192 Å². The van der Waals surface area contributed by atoms with Crippen LogP contribution in [-0.4, -0.2) is 0 Å². The Bertz CT molecular complexity index is 3690. The minimum atomic E-state index is 0.336. The van der Waals surface area contributed by atoms with Crippen molar-refractivity contribution >= 4 is 99.5 Å². The van der Waals surface area contributed by atoms with Gasteiger partial charge >= 0.3 is 0 Å². The number of hydrogen-bond donors (Lipinski definition) is 0. The lowest BCUT2D eigenvalue weighted by Crippen LogP contribution is -2.16. The van der Waals surface area contributed by atoms with E-state index < -0.39 is 0 Å². The number of benzene rings is 9. The van der Waals surface area contributed by atoms with E-state index in [1.54, 1.807) is 0 Å². The molecule has 0 saturated carbocycles. The molecule has 0 N–H and O–H groups in total. The normalized spacial score (nSPS) is 12.5. The number of anilines is 6. The highest BCUT2D eigenvalue weighted by Crippen LogP contribution is 2.48. The van der Waals surface area contributed by atoms with Crippen LogP contribution in [0.25, 0.3) is 65.4 Å². The molecule has 0 radical (unpaired) electrons. The zero-order valence-electron chi connectivity index (χ0n) is 49.2. The summed E-state index contributed by atoms with van der Waals surface area (Å²) in [6, 6.07) is 55.9. The number of fused-ring (bicyclic) bond motifs is 8. The summed E-state index contributed by atoms with van der Waals surface area (Å²) >= 11 is 0. The number of rotatable bonds is 14. The van der Waals surface area contributed by atoms with Crippen LogP contribution in [-0.2, 0) is 0 Å². The number of nitrogens with zero attached hydrogens (tertiary/aromatic N) is 2. The molecule has 4 heteroatoms. The van der Waals surface area contributed by atoms with Crippen LogP contribution in [0, 0.1) is 0 Å². The summed E-state index contributed by atoms with van der Waals surface area (Å²) in [7, 11) is 0. The van der Waals surface area contributed by atoms with Crippen LogP contribution in [0.5, 0.6) is 0 Å². The highest BCUT2D eigenvalue weighted by Gasteiger charge is 2.26. The van der Waals surface area contributed by atoms with E-state index in [4.69, 9.17) is 8.83 Å². The van der Waals surface area contributed by atoms with Crippen molar-refractivity contribution in [3.63, 3.8) is 0 Å². The first kappa shape index (κ1) is 52.7. The van der Waals surface area contributed by atoms with Crippen molar-refractivity contribution < 1.29 is 8.83 Å². The second-order valence-electron chi connectivity index (χ2n) is 25.0. The Balaban J connectivity index is 1.02. The van der Waals surface area contributed by atoms with E-state index in [0.29, 0.717) is 47.3 Å². The summed E-state index contributed by atoms with van der Waals surface area (Å²) in [4.78, 5) is 5.03. The largest absolute Gasteiger partial charge is 0.456 e. The molecule has 0 fully saturated rings. The van der Waals surface area contributed by atoms with E-state index in [1.165, 1.54) is 78.0 Å². The summed E-state index contributed by atoms with van der Waals surface area (Å²) in [6.45, 7) is 36.9. The second-order valence-corrected chi connectivity index (χ2v) is 25.0. The van der Waals surface area contributed by atoms with Crippen LogP contribution in [0.15, 0.2) is 154 Å². The third-order valence-corrected chi connectivity index (χ3v) is 16.8. The van der Waals surface area contributed by atoms with E-state index in [0.717, 1.165) is 66.0 Å². The van der Waals surface area contributed by atoms with Crippen molar-refractivity contribution in [1.82, 2.24) is 0 Å². The lowest BCUT2D eigenvalue weighted by Gasteiger charge is -2.32. The fourth-order valence-electron chi connectivity index (χ4n) is 12.0. The van der Waals surface area contributed by atoms with Crippen molar-refractivity contribution in [1.29, 1.82) is 0 Å². The van der Waals surface area contributed by atoms with Crippen molar-refractivity contribution in [3.05, 3.63) is 190 Å². The van der Waals surface area contributed by atoms with Crippen molar-refractivity contribution in [2.24, 2.45) is 0 Å². The minimum absolute atomic E-state index is 0.336. The van der Waals surface area contributed by atoms with Gasteiger partial charge < -0.3 is 18.6 Å². The molecule has 0 aliphatic carbocycles. The van der Waals surface area contributed by atoms with Crippen LogP contribution in [0.3, 0.4) is 0 Å². The first-order chi connectivity index (χ1) is 37.2. The predicted molar refractivity (Wildman–Crippen MR) is 338 cm³/mol. The first-order valence-electron chi connectivity index (χ1n) is 29.1. The van der Waals surface area contributed by atoms with Gasteiger partial charge in [0.25, 0.3) is 0 Å². The van der Waals surface area contributed by atoms with Crippen molar-refractivity contribution in [2.45, 2.75) is 158 Å². The third kappa shape index (κ3) is 9.43. The smallest absolute Gasteiger partial charge is 0.139 e. The highest BCUT2D eigenvalue weighted by molar-refractivity contribution is 6.18. The van der Waals surface area contributed by atoms with Crippen LogP contribution in [0.2, 0.25) is 0 Å². The monoisotopic (exact) mass is 1030 g/mol. The molecule has 11 rings (SSSR count). The van der Waals surface area contributed by atoms with E-state index in [1.807, 2.05) is 0 Å². The zero-order valence-corrected chi connectivity index (χ0v) is 49.2. The molecule has 0 unspecified atom stereocenters. The Labute approximate surface area is 464 Å². The average molecular weight is 1030 g/mol. The predicted octanol–water partition coefficient (Wildman–Crippen LogP) is 23.7. The lowest BCUT2D eigenvalue weighted by molar-refractivity contribution is 0.656. The molecule has 4 nitrogen and oxygen atoms in total. The quantitative estimate of drug-likeness (QED) is 0.109. The topological polar surface area (TPSA) is 32.8 Å². The zero-order chi connectivity index (χ0) is 55.2. The maximum absolute atomic E-state index is 6.82. The summed E-state index contributed by atoms with van der Waals surface area (Å²) < 4.78 is 13.6.